The molecule has 0 bridgehead atoms. The summed E-state index contributed by atoms with van der Waals surface area (Å²) in [6.07, 6.45) is -4.62. The molecule has 0 aliphatic heterocycles. The molecule has 0 spiro atoms. The van der Waals surface area contributed by atoms with Crippen LogP contribution in [0.15, 0.2) is 72.4 Å². The van der Waals surface area contributed by atoms with E-state index in [0.29, 0.717) is 0 Å². The van der Waals surface area contributed by atoms with Crippen LogP contribution in [-0.4, -0.2) is 23.7 Å². The number of hydrogen-bond donors (Lipinski definition) is 0. The fraction of sp³-hybridized carbons (Fsp3) is 0.250. The first-order valence-electron chi connectivity index (χ1n) is 8.18. The van der Waals surface area contributed by atoms with Crippen LogP contribution in [0, 0.1) is 0 Å². The molecule has 2 aromatic rings. The third kappa shape index (κ3) is 6.27. The number of rotatable bonds is 7. The van der Waals surface area contributed by atoms with Crippen molar-refractivity contribution in [1.82, 2.24) is 4.90 Å². The first-order chi connectivity index (χ1) is 12.4. The van der Waals surface area contributed by atoms with Gasteiger partial charge < -0.3 is 9.64 Å². The average Bonchev–Trinajstić information content (AvgIpc) is 2.60. The van der Waals surface area contributed by atoms with Crippen molar-refractivity contribution in [2.45, 2.75) is 26.2 Å². The molecule has 0 unspecified atom stereocenters. The Hall–Kier alpha value is -2.76. The Morgan fingerprint density at radius 3 is 1.81 bits per heavy atom. The number of carbonyl (C=O) groups excluding carboxylic acids is 1. The fourth-order valence-corrected chi connectivity index (χ4v) is 2.47. The summed E-state index contributed by atoms with van der Waals surface area (Å²) in [5.74, 6) is -0.989. The van der Waals surface area contributed by atoms with Gasteiger partial charge in [-0.15, -0.1) is 0 Å². The van der Waals surface area contributed by atoms with Crippen molar-refractivity contribution in [1.29, 1.82) is 0 Å². The molecule has 0 radical (unpaired) electrons. The van der Waals surface area contributed by atoms with Crippen molar-refractivity contribution >= 4 is 5.97 Å². The van der Waals surface area contributed by atoms with E-state index < -0.39 is 17.8 Å². The van der Waals surface area contributed by atoms with Crippen LogP contribution in [0.1, 0.15) is 18.1 Å². The van der Waals surface area contributed by atoms with Gasteiger partial charge in [0.25, 0.3) is 0 Å². The van der Waals surface area contributed by atoms with Crippen LogP contribution in [-0.2, 0) is 22.6 Å². The quantitative estimate of drug-likeness (QED) is 0.528. The molecule has 2 rings (SSSR count). The smallest absolute Gasteiger partial charge is 0.411 e. The van der Waals surface area contributed by atoms with Gasteiger partial charge in [-0.25, -0.2) is 4.79 Å². The van der Waals surface area contributed by atoms with Gasteiger partial charge in [0.05, 0.1) is 6.61 Å². The first-order valence-corrected chi connectivity index (χ1v) is 8.18. The van der Waals surface area contributed by atoms with Crippen molar-refractivity contribution < 1.29 is 22.7 Å². The minimum Gasteiger partial charge on any atom is -0.461 e. The van der Waals surface area contributed by atoms with Gasteiger partial charge in [0.1, 0.15) is 5.70 Å². The SMILES string of the molecule is CCOC(=O)/C(=C/C(F)(F)F)N(Cc1ccccc1)Cc1ccccc1. The lowest BCUT2D eigenvalue weighted by Gasteiger charge is -2.27. The second-order valence-electron chi connectivity index (χ2n) is 5.62. The first kappa shape index (κ1) is 19.6. The number of nitrogens with zero attached hydrogens (tertiary/aromatic N) is 1. The minimum absolute atomic E-state index is 0.00144. The molecule has 0 heterocycles. The molecular weight excluding hydrogens is 343 g/mol. The summed E-state index contributed by atoms with van der Waals surface area (Å²) in [6.45, 7) is 1.85. The molecule has 0 aliphatic carbocycles. The van der Waals surface area contributed by atoms with Crippen molar-refractivity contribution in [3.05, 3.63) is 83.6 Å². The molecule has 0 fully saturated rings. The molecule has 3 nitrogen and oxygen atoms in total. The second-order valence-corrected chi connectivity index (χ2v) is 5.62. The number of esters is 1. The van der Waals surface area contributed by atoms with E-state index in [0.717, 1.165) is 11.1 Å². The summed E-state index contributed by atoms with van der Waals surface area (Å²) >= 11 is 0. The number of carbonyl (C=O) groups is 1. The number of ether oxygens (including phenoxy) is 1. The molecule has 6 heteroatoms. The molecule has 0 saturated carbocycles. The van der Waals surface area contributed by atoms with Crippen molar-refractivity contribution in [3.63, 3.8) is 0 Å². The Morgan fingerprint density at radius 2 is 1.42 bits per heavy atom. The molecular formula is C20H20F3NO2. The van der Waals surface area contributed by atoms with E-state index in [1.165, 1.54) is 4.90 Å². The highest BCUT2D eigenvalue weighted by Crippen LogP contribution is 2.24. The maximum Gasteiger partial charge on any atom is 0.411 e. The standard InChI is InChI=1S/C20H20F3NO2/c1-2-26-19(25)18(13-20(21,22)23)24(14-16-9-5-3-6-10-16)15-17-11-7-4-8-12-17/h3-13H,2,14-15H2,1H3/b18-13-. The van der Waals surface area contributed by atoms with Crippen LogP contribution in [0.2, 0.25) is 0 Å². The van der Waals surface area contributed by atoms with Crippen LogP contribution in [0.25, 0.3) is 0 Å². The lowest BCUT2D eigenvalue weighted by molar-refractivity contribution is -0.141. The summed E-state index contributed by atoms with van der Waals surface area (Å²) in [5.41, 5.74) is 1.08. The van der Waals surface area contributed by atoms with Gasteiger partial charge in [-0.2, -0.15) is 13.2 Å². The molecule has 2 aromatic carbocycles. The molecule has 26 heavy (non-hydrogen) atoms. The number of benzene rings is 2. The molecule has 0 amide bonds. The van der Waals surface area contributed by atoms with E-state index in [9.17, 15) is 18.0 Å². The van der Waals surface area contributed by atoms with Gasteiger partial charge in [-0.1, -0.05) is 60.7 Å². The molecule has 0 aliphatic rings. The third-order valence-corrected chi connectivity index (χ3v) is 3.56. The lowest BCUT2D eigenvalue weighted by Crippen LogP contribution is -2.30. The largest absolute Gasteiger partial charge is 0.461 e. The van der Waals surface area contributed by atoms with E-state index in [4.69, 9.17) is 4.74 Å². The topological polar surface area (TPSA) is 29.5 Å². The zero-order chi connectivity index (χ0) is 19.0. The highest BCUT2D eigenvalue weighted by atomic mass is 19.4. The predicted molar refractivity (Wildman–Crippen MR) is 92.9 cm³/mol. The Bertz CT molecular complexity index is 686. The lowest BCUT2D eigenvalue weighted by atomic mass is 10.1. The molecule has 0 atom stereocenters. The Labute approximate surface area is 150 Å². The fourth-order valence-electron chi connectivity index (χ4n) is 2.47. The highest BCUT2D eigenvalue weighted by Gasteiger charge is 2.30. The van der Waals surface area contributed by atoms with Crippen LogP contribution in [0.4, 0.5) is 13.2 Å². The zero-order valence-electron chi connectivity index (χ0n) is 14.4. The monoisotopic (exact) mass is 363 g/mol. The van der Waals surface area contributed by atoms with E-state index >= 15 is 0 Å². The third-order valence-electron chi connectivity index (χ3n) is 3.56. The summed E-state index contributed by atoms with van der Waals surface area (Å²) in [4.78, 5) is 13.6. The van der Waals surface area contributed by atoms with Gasteiger partial charge in [0, 0.05) is 19.2 Å². The highest BCUT2D eigenvalue weighted by molar-refractivity contribution is 5.87. The zero-order valence-corrected chi connectivity index (χ0v) is 14.4. The van der Waals surface area contributed by atoms with Gasteiger partial charge in [-0.3, -0.25) is 0 Å². The van der Waals surface area contributed by atoms with Crippen molar-refractivity contribution in [2.75, 3.05) is 6.61 Å². The molecule has 0 saturated heterocycles. The predicted octanol–water partition coefficient (Wildman–Crippen LogP) is 4.70. The Morgan fingerprint density at radius 1 is 0.962 bits per heavy atom. The maximum atomic E-state index is 13.0. The van der Waals surface area contributed by atoms with Crippen molar-refractivity contribution in [2.24, 2.45) is 0 Å². The van der Waals surface area contributed by atoms with Crippen LogP contribution < -0.4 is 0 Å². The average molecular weight is 363 g/mol. The molecule has 0 N–H and O–H groups in total. The van der Waals surface area contributed by atoms with E-state index in [1.54, 1.807) is 55.5 Å². The van der Waals surface area contributed by atoms with Gasteiger partial charge in [0.2, 0.25) is 0 Å². The van der Waals surface area contributed by atoms with E-state index in [1.807, 2.05) is 12.1 Å². The van der Waals surface area contributed by atoms with Crippen LogP contribution in [0.5, 0.6) is 0 Å². The molecule has 138 valence electrons. The van der Waals surface area contributed by atoms with Gasteiger partial charge in [-0.05, 0) is 18.1 Å². The summed E-state index contributed by atoms with van der Waals surface area (Å²) in [6, 6.07) is 18.0. The number of allylic oxidation sites excluding steroid dienone is 1. The summed E-state index contributed by atoms with van der Waals surface area (Å²) in [5, 5.41) is 0. The van der Waals surface area contributed by atoms with E-state index in [2.05, 4.69) is 0 Å². The second kappa shape index (κ2) is 9.08. The Kier molecular flexibility index (Phi) is 6.83. The summed E-state index contributed by atoms with van der Waals surface area (Å²) in [7, 11) is 0. The Balaban J connectivity index is 2.40. The van der Waals surface area contributed by atoms with Crippen LogP contribution >= 0.6 is 0 Å². The number of alkyl halides is 3. The van der Waals surface area contributed by atoms with Crippen LogP contribution in [0.3, 0.4) is 0 Å². The van der Waals surface area contributed by atoms with E-state index in [-0.39, 0.29) is 25.8 Å². The number of halogens is 3. The molecule has 0 aromatic heterocycles. The minimum atomic E-state index is -4.63. The number of hydrogen-bond acceptors (Lipinski definition) is 3. The maximum absolute atomic E-state index is 13.0. The van der Waals surface area contributed by atoms with Gasteiger partial charge >= 0.3 is 12.1 Å². The summed E-state index contributed by atoms with van der Waals surface area (Å²) < 4.78 is 44.0. The van der Waals surface area contributed by atoms with Gasteiger partial charge in [0.15, 0.2) is 0 Å². The normalized spacial score (nSPS) is 11.9. The van der Waals surface area contributed by atoms with Crippen molar-refractivity contribution in [3.8, 4) is 0 Å².